The van der Waals surface area contributed by atoms with E-state index in [0.717, 1.165) is 42.2 Å². The summed E-state index contributed by atoms with van der Waals surface area (Å²) in [5.41, 5.74) is 3.76. The number of aromatic nitrogens is 2. The molecule has 156 valence electrons. The highest BCUT2D eigenvalue weighted by molar-refractivity contribution is 6.21. The summed E-state index contributed by atoms with van der Waals surface area (Å²) in [6.07, 6.45) is 4.70. The average molecular weight is 414 g/mol. The van der Waals surface area contributed by atoms with Crippen LogP contribution in [0.4, 0.5) is 5.69 Å². The van der Waals surface area contributed by atoms with Crippen molar-refractivity contribution in [1.82, 2.24) is 14.5 Å². The maximum atomic E-state index is 12.4. The number of amides is 3. The number of nitrogens with one attached hydrogen (secondary N) is 1. The molecule has 2 aliphatic rings. The number of fused-ring (bicyclic) bond motifs is 2. The molecule has 1 aromatic heterocycles. The third-order valence-corrected chi connectivity index (χ3v) is 5.85. The topological polar surface area (TPSA) is 84.3 Å². The molecule has 0 bridgehead atoms. The van der Waals surface area contributed by atoms with Crippen LogP contribution >= 0.6 is 0 Å². The number of hydrogen-bond donors (Lipinski definition) is 1. The Labute approximate surface area is 179 Å². The molecule has 2 aromatic carbocycles. The highest BCUT2D eigenvalue weighted by Gasteiger charge is 2.34. The molecule has 0 saturated carbocycles. The van der Waals surface area contributed by atoms with Gasteiger partial charge < -0.3 is 9.88 Å². The zero-order chi connectivity index (χ0) is 21.4. The number of anilines is 1. The van der Waals surface area contributed by atoms with Crippen LogP contribution in [0.2, 0.25) is 0 Å². The van der Waals surface area contributed by atoms with Gasteiger partial charge >= 0.3 is 0 Å². The molecule has 0 atom stereocenters. The van der Waals surface area contributed by atoms with Gasteiger partial charge in [0, 0.05) is 31.6 Å². The molecule has 0 saturated heterocycles. The van der Waals surface area contributed by atoms with E-state index in [1.807, 2.05) is 30.5 Å². The lowest BCUT2D eigenvalue weighted by Gasteiger charge is -2.13. The minimum atomic E-state index is -0.289. The number of hydrogen-bond acceptors (Lipinski definition) is 4. The smallest absolute Gasteiger partial charge is 0.261 e. The van der Waals surface area contributed by atoms with E-state index in [-0.39, 0.29) is 30.7 Å². The van der Waals surface area contributed by atoms with Crippen LogP contribution in [0.5, 0.6) is 0 Å². The third-order valence-electron chi connectivity index (χ3n) is 5.85. The van der Waals surface area contributed by atoms with Gasteiger partial charge in [-0.25, -0.2) is 4.98 Å². The first-order valence-corrected chi connectivity index (χ1v) is 10.5. The number of imidazole rings is 1. The van der Waals surface area contributed by atoms with Crippen molar-refractivity contribution in [2.75, 3.05) is 11.9 Å². The predicted molar refractivity (Wildman–Crippen MR) is 116 cm³/mol. The largest absolute Gasteiger partial charge is 0.328 e. The van der Waals surface area contributed by atoms with E-state index >= 15 is 0 Å². The lowest BCUT2D eigenvalue weighted by molar-refractivity contribution is -0.116. The number of rotatable bonds is 6. The van der Waals surface area contributed by atoms with E-state index in [0.29, 0.717) is 17.5 Å². The zero-order valence-electron chi connectivity index (χ0n) is 17.0. The summed E-state index contributed by atoms with van der Waals surface area (Å²) in [5, 5.41) is 2.88. The second-order valence-electron chi connectivity index (χ2n) is 7.85. The molecule has 31 heavy (non-hydrogen) atoms. The summed E-state index contributed by atoms with van der Waals surface area (Å²) in [4.78, 5) is 42.8. The van der Waals surface area contributed by atoms with E-state index in [4.69, 9.17) is 0 Å². The molecule has 7 heteroatoms. The standard InChI is InChI=1S/C24H22N4O3/c29-22(8-4-14-28-23(30)18-5-1-2-6-19(18)24(28)31)26-17-11-9-16(10-12-17)20-15-25-21-7-3-13-27(20)21/h1-2,5-6,9-12,15H,3-4,7-8,13-14H2,(H,26,29). The van der Waals surface area contributed by atoms with Crippen LogP contribution in [0, 0.1) is 0 Å². The fraction of sp³-hybridized carbons (Fsp3) is 0.250. The van der Waals surface area contributed by atoms with Gasteiger partial charge in [-0.1, -0.05) is 24.3 Å². The van der Waals surface area contributed by atoms with Gasteiger partial charge in [-0.05, 0) is 42.7 Å². The second kappa shape index (κ2) is 7.83. The normalized spacial score (nSPS) is 14.6. The van der Waals surface area contributed by atoms with E-state index in [1.54, 1.807) is 24.3 Å². The molecular formula is C24H22N4O3. The molecule has 2 aliphatic heterocycles. The number of aryl methyl sites for hydroxylation is 1. The van der Waals surface area contributed by atoms with E-state index in [1.165, 1.54) is 4.90 Å². The van der Waals surface area contributed by atoms with Gasteiger partial charge in [0.2, 0.25) is 5.91 Å². The Balaban J connectivity index is 1.15. The molecule has 1 N–H and O–H groups in total. The first kappa shape index (κ1) is 19.2. The lowest BCUT2D eigenvalue weighted by Crippen LogP contribution is -2.31. The van der Waals surface area contributed by atoms with E-state index in [2.05, 4.69) is 14.9 Å². The van der Waals surface area contributed by atoms with Gasteiger partial charge in [-0.2, -0.15) is 0 Å². The number of carbonyl (C=O) groups excluding carboxylic acids is 3. The van der Waals surface area contributed by atoms with Crippen LogP contribution in [-0.2, 0) is 17.8 Å². The van der Waals surface area contributed by atoms with Crippen LogP contribution in [0.3, 0.4) is 0 Å². The van der Waals surface area contributed by atoms with Gasteiger partial charge in [0.15, 0.2) is 0 Å². The molecule has 0 unspecified atom stereocenters. The Hall–Kier alpha value is -3.74. The Morgan fingerprint density at radius 3 is 2.42 bits per heavy atom. The van der Waals surface area contributed by atoms with Crippen molar-refractivity contribution in [3.05, 3.63) is 71.7 Å². The van der Waals surface area contributed by atoms with Crippen molar-refractivity contribution in [3.63, 3.8) is 0 Å². The minimum Gasteiger partial charge on any atom is -0.328 e. The van der Waals surface area contributed by atoms with Gasteiger partial charge in [0.25, 0.3) is 11.8 Å². The number of benzene rings is 2. The van der Waals surface area contributed by atoms with Crippen molar-refractivity contribution in [2.45, 2.75) is 32.2 Å². The van der Waals surface area contributed by atoms with Crippen molar-refractivity contribution in [2.24, 2.45) is 0 Å². The summed E-state index contributed by atoms with van der Waals surface area (Å²) in [6, 6.07) is 14.5. The van der Waals surface area contributed by atoms with Crippen LogP contribution in [0.15, 0.2) is 54.7 Å². The van der Waals surface area contributed by atoms with Gasteiger partial charge in [-0.3, -0.25) is 19.3 Å². The molecule has 7 nitrogen and oxygen atoms in total. The van der Waals surface area contributed by atoms with Crippen LogP contribution in [0.25, 0.3) is 11.3 Å². The molecule has 3 heterocycles. The Kier molecular flexibility index (Phi) is 4.86. The van der Waals surface area contributed by atoms with Gasteiger partial charge in [0.1, 0.15) is 5.82 Å². The molecule has 3 amide bonds. The summed E-state index contributed by atoms with van der Waals surface area (Å²) in [5.74, 6) is 0.408. The fourth-order valence-electron chi connectivity index (χ4n) is 4.28. The Bertz CT molecular complexity index is 1140. The summed E-state index contributed by atoms with van der Waals surface area (Å²) in [7, 11) is 0. The van der Waals surface area contributed by atoms with E-state index < -0.39 is 0 Å². The van der Waals surface area contributed by atoms with Crippen molar-refractivity contribution in [3.8, 4) is 11.3 Å². The van der Waals surface area contributed by atoms with Crippen molar-refractivity contribution in [1.29, 1.82) is 0 Å². The average Bonchev–Trinajstić information content (AvgIpc) is 3.46. The highest BCUT2D eigenvalue weighted by atomic mass is 16.2. The monoisotopic (exact) mass is 414 g/mol. The van der Waals surface area contributed by atoms with Crippen molar-refractivity contribution < 1.29 is 14.4 Å². The number of nitrogens with zero attached hydrogens (tertiary/aromatic N) is 3. The predicted octanol–water partition coefficient (Wildman–Crippen LogP) is 3.51. The molecule has 5 rings (SSSR count). The molecule has 0 aliphatic carbocycles. The molecule has 3 aromatic rings. The van der Waals surface area contributed by atoms with Gasteiger partial charge in [0.05, 0.1) is 23.0 Å². The molecule has 0 radical (unpaired) electrons. The second-order valence-corrected chi connectivity index (χ2v) is 7.85. The molecule has 0 spiro atoms. The third kappa shape index (κ3) is 3.52. The molecular weight excluding hydrogens is 392 g/mol. The first-order valence-electron chi connectivity index (χ1n) is 10.5. The first-order chi connectivity index (χ1) is 15.1. The Morgan fingerprint density at radius 1 is 1.00 bits per heavy atom. The van der Waals surface area contributed by atoms with E-state index in [9.17, 15) is 14.4 Å². The highest BCUT2D eigenvalue weighted by Crippen LogP contribution is 2.27. The van der Waals surface area contributed by atoms with Crippen LogP contribution in [-0.4, -0.2) is 38.7 Å². The minimum absolute atomic E-state index is 0.144. The van der Waals surface area contributed by atoms with Gasteiger partial charge in [-0.15, -0.1) is 0 Å². The maximum Gasteiger partial charge on any atom is 0.261 e. The lowest BCUT2D eigenvalue weighted by atomic mass is 10.1. The zero-order valence-corrected chi connectivity index (χ0v) is 17.0. The van der Waals surface area contributed by atoms with Crippen LogP contribution < -0.4 is 5.32 Å². The van der Waals surface area contributed by atoms with Crippen LogP contribution in [0.1, 0.15) is 45.8 Å². The van der Waals surface area contributed by atoms with Crippen molar-refractivity contribution >= 4 is 23.4 Å². The summed E-state index contributed by atoms with van der Waals surface area (Å²) < 4.78 is 2.24. The fourth-order valence-corrected chi connectivity index (χ4v) is 4.28. The number of imide groups is 1. The SMILES string of the molecule is O=C(CCCN1C(=O)c2ccccc2C1=O)Nc1ccc(-c2cnc3n2CCC3)cc1. The summed E-state index contributed by atoms with van der Waals surface area (Å²) >= 11 is 0. The quantitative estimate of drug-likeness (QED) is 0.626. The molecule has 0 fully saturated rings. The summed E-state index contributed by atoms with van der Waals surface area (Å²) in [6.45, 7) is 1.22. The number of carbonyl (C=O) groups is 3. The maximum absolute atomic E-state index is 12.4. The Morgan fingerprint density at radius 2 is 1.71 bits per heavy atom.